The minimum Gasteiger partial charge on any atom is -0.493 e. The lowest BCUT2D eigenvalue weighted by Gasteiger charge is -2.56. The van der Waals surface area contributed by atoms with E-state index in [4.69, 9.17) is 9.47 Å². The van der Waals surface area contributed by atoms with Crippen molar-refractivity contribution >= 4 is 11.9 Å². The molecule has 1 heterocycles. The molecule has 1 amide bonds. The molecule has 1 saturated heterocycles. The second kappa shape index (κ2) is 8.19. The van der Waals surface area contributed by atoms with Crippen LogP contribution in [0.3, 0.4) is 0 Å². The van der Waals surface area contributed by atoms with Crippen LogP contribution in [-0.2, 0) is 9.53 Å². The molecule has 1 aromatic rings. The van der Waals surface area contributed by atoms with Gasteiger partial charge in [0.25, 0.3) is 5.91 Å². The lowest BCUT2D eigenvalue weighted by Crippen LogP contribution is -2.51. The van der Waals surface area contributed by atoms with E-state index in [0.717, 1.165) is 42.6 Å². The average molecular weight is 510 g/mol. The fourth-order valence-electron chi connectivity index (χ4n) is 9.87. The maximum absolute atomic E-state index is 15.6. The van der Waals surface area contributed by atoms with Gasteiger partial charge in [0.2, 0.25) is 0 Å². The van der Waals surface area contributed by atoms with E-state index in [1.807, 2.05) is 0 Å². The van der Waals surface area contributed by atoms with Gasteiger partial charge < -0.3 is 14.4 Å². The van der Waals surface area contributed by atoms with E-state index < -0.39 is 23.7 Å². The third-order valence-corrected chi connectivity index (χ3v) is 11.1. The summed E-state index contributed by atoms with van der Waals surface area (Å²) in [5.41, 5.74) is 1.24. The molecule has 0 unspecified atom stereocenters. The fourth-order valence-corrected chi connectivity index (χ4v) is 9.87. The number of rotatable bonds is 6. The molecule has 6 heteroatoms. The summed E-state index contributed by atoms with van der Waals surface area (Å²) < 4.78 is 27.2. The zero-order valence-corrected chi connectivity index (χ0v) is 22.4. The molecule has 0 radical (unpaired) electrons. The van der Waals surface area contributed by atoms with Crippen LogP contribution in [0.1, 0.15) is 93.5 Å². The van der Waals surface area contributed by atoms with Crippen LogP contribution >= 0.6 is 0 Å². The summed E-state index contributed by atoms with van der Waals surface area (Å²) in [6.45, 7) is 5.42. The average Bonchev–Trinajstić information content (AvgIpc) is 3.62. The lowest BCUT2D eigenvalue weighted by molar-refractivity contribution is -0.150. The van der Waals surface area contributed by atoms with E-state index in [-0.39, 0.29) is 28.2 Å². The zero-order chi connectivity index (χ0) is 25.7. The topological polar surface area (TPSA) is 55.8 Å². The molecule has 4 bridgehead atoms. The first kappa shape index (κ1) is 24.0. The third-order valence-electron chi connectivity index (χ3n) is 11.1. The van der Waals surface area contributed by atoms with Gasteiger partial charge in [0.05, 0.1) is 19.3 Å². The van der Waals surface area contributed by atoms with Crippen LogP contribution in [0.2, 0.25) is 0 Å². The number of carbonyl (C=O) groups excluding carboxylic acids is 2. The summed E-state index contributed by atoms with van der Waals surface area (Å²) in [5.74, 6) is 2.46. The number of hydrogen-bond donors (Lipinski definition) is 0. The van der Waals surface area contributed by atoms with Gasteiger partial charge in [-0.3, -0.25) is 4.79 Å². The van der Waals surface area contributed by atoms with Gasteiger partial charge in [-0.2, -0.15) is 0 Å². The molecular formula is C31H40FNO4. The molecule has 7 aliphatic rings. The molecule has 1 aliphatic heterocycles. The molecule has 6 saturated carbocycles. The molecular weight excluding hydrogens is 469 g/mol. The van der Waals surface area contributed by atoms with Crippen molar-refractivity contribution in [3.05, 3.63) is 29.1 Å². The van der Waals surface area contributed by atoms with E-state index >= 15 is 4.39 Å². The number of benzene rings is 1. The Kier molecular flexibility index (Phi) is 5.31. The number of nitrogens with zero attached hydrogens (tertiary/aromatic N) is 1. The van der Waals surface area contributed by atoms with Gasteiger partial charge in [-0.15, -0.1) is 0 Å². The summed E-state index contributed by atoms with van der Waals surface area (Å²) in [6.07, 6.45) is 11.0. The van der Waals surface area contributed by atoms with E-state index in [2.05, 4.69) is 13.8 Å². The van der Waals surface area contributed by atoms with Gasteiger partial charge >= 0.3 is 5.97 Å². The first-order chi connectivity index (χ1) is 17.7. The summed E-state index contributed by atoms with van der Waals surface area (Å²) in [5, 5.41) is 0. The molecule has 8 rings (SSSR count). The molecule has 5 nitrogen and oxygen atoms in total. The number of likely N-dealkylation sites (tertiary alicyclic amines) is 1. The van der Waals surface area contributed by atoms with Crippen molar-refractivity contribution in [3.8, 4) is 5.75 Å². The molecule has 3 atom stereocenters. The van der Waals surface area contributed by atoms with Crippen LogP contribution < -0.4 is 4.74 Å². The first-order valence-electron chi connectivity index (χ1n) is 14.5. The fraction of sp³-hybridized carbons (Fsp3) is 0.742. The van der Waals surface area contributed by atoms with E-state index in [1.165, 1.54) is 51.7 Å². The second-order valence-corrected chi connectivity index (χ2v) is 14.3. The smallest absolute Gasteiger partial charge is 0.328 e. The van der Waals surface area contributed by atoms with Gasteiger partial charge in [-0.05, 0) is 110 Å². The largest absolute Gasteiger partial charge is 0.493 e. The van der Waals surface area contributed by atoms with Gasteiger partial charge in [-0.25, -0.2) is 9.18 Å². The highest BCUT2D eigenvalue weighted by Crippen LogP contribution is 2.60. The number of halogens is 1. The van der Waals surface area contributed by atoms with Crippen molar-refractivity contribution in [1.82, 2.24) is 4.90 Å². The van der Waals surface area contributed by atoms with Crippen molar-refractivity contribution in [3.63, 3.8) is 0 Å². The van der Waals surface area contributed by atoms with Crippen molar-refractivity contribution < 1.29 is 23.5 Å². The Balaban J connectivity index is 1.15. The van der Waals surface area contributed by atoms with Crippen molar-refractivity contribution in [2.45, 2.75) is 83.6 Å². The molecule has 0 aromatic heterocycles. The second-order valence-electron chi connectivity index (χ2n) is 14.3. The standard InChI is InChI=1S/C31H40FNO4/c1-30(2)14-21-15-33(27(26(21)30)29(35)36-3)28(34)23-9-22(20-4-5-20)25(10-24(23)32)37-16-31-11-17-6-18(12-31)8-19(7-17)13-31/h9-10,17-21,26-27H,4-8,11-16H2,1-3H3/t17?,18?,19?,21-,26-,27-,31?/m0/s1. The Morgan fingerprint density at radius 1 is 1.03 bits per heavy atom. The normalized spacial score (nSPS) is 38.8. The number of esters is 1. The minimum absolute atomic E-state index is 0.0365. The highest BCUT2D eigenvalue weighted by Gasteiger charge is 2.61. The number of methoxy groups -OCH3 is 1. The van der Waals surface area contributed by atoms with Crippen LogP contribution in [0.15, 0.2) is 12.1 Å². The SMILES string of the molecule is COC(=O)[C@@H]1[C@@H]2[C@H](CN1C(=O)c1cc(C3CC3)c(OCC34CC5CC(CC(C5)C3)C4)cc1F)CC2(C)C. The van der Waals surface area contributed by atoms with Gasteiger partial charge in [0.1, 0.15) is 17.6 Å². The summed E-state index contributed by atoms with van der Waals surface area (Å²) in [7, 11) is 1.37. The lowest BCUT2D eigenvalue weighted by atomic mass is 9.50. The maximum Gasteiger partial charge on any atom is 0.328 e. The predicted octanol–water partition coefficient (Wildman–Crippen LogP) is 5.96. The van der Waals surface area contributed by atoms with Crippen molar-refractivity contribution in [2.24, 2.45) is 40.4 Å². The zero-order valence-electron chi connectivity index (χ0n) is 22.4. The number of hydrogen-bond acceptors (Lipinski definition) is 4. The van der Waals surface area contributed by atoms with Crippen LogP contribution in [0.25, 0.3) is 0 Å². The first-order valence-corrected chi connectivity index (χ1v) is 14.5. The highest BCUT2D eigenvalue weighted by molar-refractivity contribution is 5.98. The molecule has 1 aromatic carbocycles. The minimum atomic E-state index is -0.651. The number of fused-ring (bicyclic) bond motifs is 1. The molecule has 7 fully saturated rings. The Morgan fingerprint density at radius 3 is 2.24 bits per heavy atom. The number of ether oxygens (including phenoxy) is 2. The summed E-state index contributed by atoms with van der Waals surface area (Å²) >= 11 is 0. The molecule has 200 valence electrons. The predicted molar refractivity (Wildman–Crippen MR) is 137 cm³/mol. The van der Waals surface area contributed by atoms with Crippen molar-refractivity contribution in [1.29, 1.82) is 0 Å². The van der Waals surface area contributed by atoms with Crippen molar-refractivity contribution in [2.75, 3.05) is 20.3 Å². The number of carbonyl (C=O) groups is 2. The van der Waals surface area contributed by atoms with Crippen LogP contribution in [0.4, 0.5) is 4.39 Å². The van der Waals surface area contributed by atoms with Crippen LogP contribution in [0.5, 0.6) is 5.75 Å². The molecule has 37 heavy (non-hydrogen) atoms. The number of amides is 1. The molecule has 6 aliphatic carbocycles. The Morgan fingerprint density at radius 2 is 1.68 bits per heavy atom. The monoisotopic (exact) mass is 509 g/mol. The van der Waals surface area contributed by atoms with Crippen LogP contribution in [0, 0.1) is 46.2 Å². The van der Waals surface area contributed by atoms with E-state index in [0.29, 0.717) is 24.8 Å². The van der Waals surface area contributed by atoms with Crippen LogP contribution in [-0.4, -0.2) is 43.1 Å². The van der Waals surface area contributed by atoms with Gasteiger partial charge in [-0.1, -0.05) is 13.8 Å². The Bertz CT molecular complexity index is 1100. The van der Waals surface area contributed by atoms with E-state index in [9.17, 15) is 9.59 Å². The maximum atomic E-state index is 15.6. The molecule has 0 N–H and O–H groups in total. The summed E-state index contributed by atoms with van der Waals surface area (Å²) in [6, 6.07) is 2.55. The van der Waals surface area contributed by atoms with Gasteiger partial charge in [0, 0.05) is 18.0 Å². The quantitative estimate of drug-likeness (QED) is 0.444. The van der Waals surface area contributed by atoms with E-state index in [1.54, 1.807) is 11.0 Å². The Labute approximate surface area is 219 Å². The molecule has 0 spiro atoms. The third kappa shape index (κ3) is 3.83. The Hall–Kier alpha value is -2.11. The highest BCUT2D eigenvalue weighted by atomic mass is 19.1. The summed E-state index contributed by atoms with van der Waals surface area (Å²) in [4.78, 5) is 28.1. The van der Waals surface area contributed by atoms with Gasteiger partial charge in [0.15, 0.2) is 0 Å².